The fraction of sp³-hybridized carbons (Fsp3) is 0.250. The van der Waals surface area contributed by atoms with Gasteiger partial charge in [0.1, 0.15) is 0 Å². The Morgan fingerprint density at radius 2 is 2.71 bits per heavy atom. The van der Waals surface area contributed by atoms with Crippen LogP contribution in [-0.2, 0) is 11.3 Å². The predicted molar refractivity (Wildman–Crippen MR) is 34.5 cm³/mol. The SMILES string of the molecule is O=S=C1CC=CS1. The third kappa shape index (κ3) is 1.17. The van der Waals surface area contributed by atoms with E-state index in [0.717, 1.165) is 10.6 Å². The van der Waals surface area contributed by atoms with Gasteiger partial charge in [-0.05, 0) is 5.41 Å². The highest BCUT2D eigenvalue weighted by atomic mass is 32.2. The summed E-state index contributed by atoms with van der Waals surface area (Å²) < 4.78 is 10.9. The highest BCUT2D eigenvalue weighted by Gasteiger charge is 1.98. The Labute approximate surface area is 49.9 Å². The third-order valence-electron chi connectivity index (χ3n) is 0.673. The molecule has 1 aliphatic heterocycles. The third-order valence-corrected chi connectivity index (χ3v) is 2.28. The number of rotatable bonds is 0. The molecule has 0 aliphatic carbocycles. The molecular weight excluding hydrogens is 128 g/mol. The minimum Gasteiger partial charge on any atom is -0.212 e. The van der Waals surface area contributed by atoms with Gasteiger partial charge < -0.3 is 0 Å². The average Bonchev–Trinajstić information content (AvgIpc) is 2.14. The van der Waals surface area contributed by atoms with Crippen LogP contribution in [-0.4, -0.2) is 8.41 Å². The zero-order valence-corrected chi connectivity index (χ0v) is 5.22. The van der Waals surface area contributed by atoms with Crippen LogP contribution in [0.4, 0.5) is 0 Å². The Kier molecular flexibility index (Phi) is 1.70. The predicted octanol–water partition coefficient (Wildman–Crippen LogP) is 0.980. The lowest BCUT2D eigenvalue weighted by Crippen LogP contribution is -1.77. The molecule has 0 N–H and O–H groups in total. The summed E-state index contributed by atoms with van der Waals surface area (Å²) in [5, 5.41) is 1.94. The summed E-state index contributed by atoms with van der Waals surface area (Å²) in [4.78, 5) is 0. The second-order valence-electron chi connectivity index (χ2n) is 1.15. The summed E-state index contributed by atoms with van der Waals surface area (Å²) in [6.45, 7) is 0. The maximum absolute atomic E-state index is 9.95. The Balaban J connectivity index is 2.68. The van der Waals surface area contributed by atoms with Crippen molar-refractivity contribution >= 4 is 27.2 Å². The van der Waals surface area contributed by atoms with Crippen LogP contribution in [0, 0.1) is 0 Å². The summed E-state index contributed by atoms with van der Waals surface area (Å²) in [5.74, 6) is 0. The first-order valence-corrected chi connectivity index (χ1v) is 3.53. The fourth-order valence-electron chi connectivity index (χ4n) is 0.370. The lowest BCUT2D eigenvalue weighted by atomic mass is 10.5. The van der Waals surface area contributed by atoms with Crippen molar-refractivity contribution in [2.75, 3.05) is 0 Å². The van der Waals surface area contributed by atoms with Crippen molar-refractivity contribution in [3.05, 3.63) is 11.5 Å². The molecule has 0 radical (unpaired) electrons. The van der Waals surface area contributed by atoms with Crippen molar-refractivity contribution < 1.29 is 4.21 Å². The number of hydrogen-bond acceptors (Lipinski definition) is 2. The van der Waals surface area contributed by atoms with Crippen LogP contribution in [0.5, 0.6) is 0 Å². The largest absolute Gasteiger partial charge is 0.212 e. The van der Waals surface area contributed by atoms with Crippen molar-refractivity contribution in [2.24, 2.45) is 0 Å². The van der Waals surface area contributed by atoms with Gasteiger partial charge in [-0.2, -0.15) is 0 Å². The summed E-state index contributed by atoms with van der Waals surface area (Å²) >= 11 is 2.13. The molecule has 0 amide bonds. The lowest BCUT2D eigenvalue weighted by molar-refractivity contribution is 0.701. The smallest absolute Gasteiger partial charge is 0.0997 e. The Hall–Kier alpha value is -0.0200. The van der Waals surface area contributed by atoms with Gasteiger partial charge in [-0.1, -0.05) is 17.8 Å². The number of allylic oxidation sites excluding steroid dienone is 1. The van der Waals surface area contributed by atoms with E-state index in [-0.39, 0.29) is 0 Å². The molecule has 0 fully saturated rings. The van der Waals surface area contributed by atoms with E-state index >= 15 is 0 Å². The first kappa shape index (κ1) is 5.12. The Morgan fingerprint density at radius 1 is 1.86 bits per heavy atom. The van der Waals surface area contributed by atoms with E-state index in [1.807, 2.05) is 11.5 Å². The molecule has 0 spiro atoms. The topological polar surface area (TPSA) is 17.1 Å². The molecule has 38 valence electrons. The van der Waals surface area contributed by atoms with Gasteiger partial charge in [0.15, 0.2) is 0 Å². The van der Waals surface area contributed by atoms with Crippen molar-refractivity contribution in [1.29, 1.82) is 0 Å². The Morgan fingerprint density at radius 3 is 3.00 bits per heavy atom. The summed E-state index contributed by atoms with van der Waals surface area (Å²) in [6.07, 6.45) is 2.85. The van der Waals surface area contributed by atoms with Gasteiger partial charge >= 0.3 is 0 Å². The first-order chi connectivity index (χ1) is 3.43. The highest BCUT2D eigenvalue weighted by Crippen LogP contribution is 2.15. The van der Waals surface area contributed by atoms with Crippen molar-refractivity contribution in [3.8, 4) is 0 Å². The summed E-state index contributed by atoms with van der Waals surface area (Å²) in [7, 11) is 0. The molecule has 1 heterocycles. The second-order valence-corrected chi connectivity index (χ2v) is 3.07. The zero-order valence-electron chi connectivity index (χ0n) is 3.59. The molecule has 0 unspecified atom stereocenters. The van der Waals surface area contributed by atoms with Crippen LogP contribution in [0.3, 0.4) is 0 Å². The standard InChI is InChI=1S/C4H4OS2/c5-7-4-2-1-3-6-4/h1,3H,2H2. The lowest BCUT2D eigenvalue weighted by Gasteiger charge is -1.76. The maximum Gasteiger partial charge on any atom is 0.0997 e. The molecule has 0 atom stereocenters. The quantitative estimate of drug-likeness (QED) is 0.457. The maximum atomic E-state index is 9.95. The van der Waals surface area contributed by atoms with E-state index < -0.39 is 0 Å². The van der Waals surface area contributed by atoms with E-state index in [4.69, 9.17) is 0 Å². The van der Waals surface area contributed by atoms with Gasteiger partial charge in [-0.15, -0.1) is 0 Å². The van der Waals surface area contributed by atoms with E-state index in [0.29, 0.717) is 11.3 Å². The first-order valence-electron chi connectivity index (χ1n) is 1.91. The molecular formula is C4H4OS2. The molecule has 0 saturated carbocycles. The normalized spacial score (nSPS) is 18.0. The molecule has 3 heteroatoms. The molecule has 1 rings (SSSR count). The summed E-state index contributed by atoms with van der Waals surface area (Å²) in [6, 6.07) is 0. The van der Waals surface area contributed by atoms with Gasteiger partial charge in [0.2, 0.25) is 0 Å². The van der Waals surface area contributed by atoms with E-state index in [9.17, 15) is 4.21 Å². The van der Waals surface area contributed by atoms with Gasteiger partial charge in [-0.3, -0.25) is 0 Å². The monoisotopic (exact) mass is 132 g/mol. The van der Waals surface area contributed by atoms with E-state index in [1.54, 1.807) is 0 Å². The molecule has 0 aromatic heterocycles. The van der Waals surface area contributed by atoms with Crippen LogP contribution in [0.25, 0.3) is 0 Å². The van der Waals surface area contributed by atoms with Crippen molar-refractivity contribution in [1.82, 2.24) is 0 Å². The molecule has 1 nitrogen and oxygen atoms in total. The fourth-order valence-corrected chi connectivity index (χ4v) is 1.39. The molecule has 7 heavy (non-hydrogen) atoms. The average molecular weight is 132 g/mol. The van der Waals surface area contributed by atoms with E-state index in [2.05, 4.69) is 0 Å². The van der Waals surface area contributed by atoms with Crippen LogP contribution in [0.2, 0.25) is 0 Å². The minimum absolute atomic E-state index is 0.600. The summed E-state index contributed by atoms with van der Waals surface area (Å²) in [5.41, 5.74) is 0. The van der Waals surface area contributed by atoms with Crippen LogP contribution >= 0.6 is 11.8 Å². The molecule has 0 aromatic carbocycles. The van der Waals surface area contributed by atoms with E-state index in [1.165, 1.54) is 11.8 Å². The molecule has 1 aliphatic rings. The number of hydrogen-bond donors (Lipinski definition) is 0. The van der Waals surface area contributed by atoms with Gasteiger partial charge in [0, 0.05) is 6.42 Å². The highest BCUT2D eigenvalue weighted by molar-refractivity contribution is 8.23. The van der Waals surface area contributed by atoms with Gasteiger partial charge in [-0.25, -0.2) is 4.21 Å². The van der Waals surface area contributed by atoms with Gasteiger partial charge in [0.25, 0.3) is 0 Å². The van der Waals surface area contributed by atoms with Gasteiger partial charge in [0.05, 0.1) is 15.5 Å². The van der Waals surface area contributed by atoms with Crippen molar-refractivity contribution in [2.45, 2.75) is 6.42 Å². The van der Waals surface area contributed by atoms with Crippen molar-refractivity contribution in [3.63, 3.8) is 0 Å². The molecule has 0 saturated heterocycles. The minimum atomic E-state index is 0.600. The number of thioether (sulfide) groups is 1. The molecule has 0 bridgehead atoms. The zero-order chi connectivity index (χ0) is 5.11. The van der Waals surface area contributed by atoms with Crippen LogP contribution < -0.4 is 0 Å². The molecule has 0 aromatic rings. The second kappa shape index (κ2) is 2.33. The van der Waals surface area contributed by atoms with Crippen LogP contribution in [0.1, 0.15) is 6.42 Å². The Bertz CT molecular complexity index is 134. The van der Waals surface area contributed by atoms with Crippen LogP contribution in [0.15, 0.2) is 11.5 Å².